The second-order valence-electron chi connectivity index (χ2n) is 4.89. The second-order valence-corrected chi connectivity index (χ2v) is 6.18. The summed E-state index contributed by atoms with van der Waals surface area (Å²) in [4.78, 5) is 16.6. The molecule has 0 aliphatic heterocycles. The summed E-state index contributed by atoms with van der Waals surface area (Å²) in [5.41, 5.74) is 2.56. The zero-order valence-corrected chi connectivity index (χ0v) is 13.1. The van der Waals surface area contributed by atoms with Crippen molar-refractivity contribution in [2.45, 2.75) is 17.4 Å². The Morgan fingerprint density at radius 3 is 2.91 bits per heavy atom. The molecule has 1 amide bonds. The summed E-state index contributed by atoms with van der Waals surface area (Å²) < 4.78 is 5.60. The number of anilines is 1. The molecule has 1 heterocycles. The maximum absolute atomic E-state index is 12.2. The largest absolute Gasteiger partial charge is 0.431 e. The molecule has 1 N–H and O–H groups in total. The molecule has 6 heteroatoms. The van der Waals surface area contributed by atoms with Crippen molar-refractivity contribution in [2.75, 3.05) is 5.32 Å². The average Bonchev–Trinajstić information content (AvgIpc) is 2.97. The summed E-state index contributed by atoms with van der Waals surface area (Å²) in [6.45, 7) is 1.78. The summed E-state index contributed by atoms with van der Waals surface area (Å²) in [6, 6.07) is 16.3. The molecule has 1 aromatic heterocycles. The van der Waals surface area contributed by atoms with Gasteiger partial charge in [-0.2, -0.15) is 5.26 Å². The van der Waals surface area contributed by atoms with Crippen LogP contribution < -0.4 is 5.32 Å². The summed E-state index contributed by atoms with van der Waals surface area (Å²) in [6.07, 6.45) is 0. The summed E-state index contributed by atoms with van der Waals surface area (Å²) in [5, 5.41) is 11.7. The topological polar surface area (TPSA) is 78.9 Å². The Bertz CT molecular complexity index is 865. The van der Waals surface area contributed by atoms with Crippen LogP contribution in [-0.2, 0) is 4.79 Å². The highest BCUT2D eigenvalue weighted by Crippen LogP contribution is 2.27. The van der Waals surface area contributed by atoms with E-state index in [1.165, 1.54) is 11.8 Å². The minimum absolute atomic E-state index is 0.174. The maximum atomic E-state index is 12.2. The van der Waals surface area contributed by atoms with E-state index in [0.717, 1.165) is 5.52 Å². The highest BCUT2D eigenvalue weighted by Gasteiger charge is 2.18. The van der Waals surface area contributed by atoms with Crippen LogP contribution in [0.15, 0.2) is 58.2 Å². The van der Waals surface area contributed by atoms with Gasteiger partial charge in [0.15, 0.2) is 5.58 Å². The van der Waals surface area contributed by atoms with Gasteiger partial charge >= 0.3 is 0 Å². The first kappa shape index (κ1) is 15.1. The number of thioether (sulfide) groups is 1. The van der Waals surface area contributed by atoms with Crippen molar-refractivity contribution in [3.63, 3.8) is 0 Å². The molecular formula is C17H13N3O2S. The van der Waals surface area contributed by atoms with E-state index in [-0.39, 0.29) is 11.2 Å². The number of hydrogen-bond acceptors (Lipinski definition) is 5. The molecule has 3 aromatic rings. The van der Waals surface area contributed by atoms with E-state index >= 15 is 0 Å². The lowest BCUT2D eigenvalue weighted by Gasteiger charge is -2.10. The molecule has 0 bridgehead atoms. The molecule has 23 heavy (non-hydrogen) atoms. The van der Waals surface area contributed by atoms with E-state index in [0.29, 0.717) is 22.1 Å². The maximum Gasteiger partial charge on any atom is 0.257 e. The number of carbonyl (C=O) groups excluding carboxylic acids is 1. The molecule has 0 saturated heterocycles. The van der Waals surface area contributed by atoms with Gasteiger partial charge in [-0.25, -0.2) is 4.98 Å². The number of amides is 1. The fraction of sp³-hybridized carbons (Fsp3) is 0.118. The fourth-order valence-electron chi connectivity index (χ4n) is 2.02. The van der Waals surface area contributed by atoms with Crippen LogP contribution in [0.25, 0.3) is 11.1 Å². The van der Waals surface area contributed by atoms with E-state index in [1.54, 1.807) is 31.2 Å². The third-order valence-electron chi connectivity index (χ3n) is 3.18. The van der Waals surface area contributed by atoms with Crippen LogP contribution in [0, 0.1) is 11.3 Å². The third-order valence-corrected chi connectivity index (χ3v) is 4.12. The molecule has 0 aliphatic carbocycles. The van der Waals surface area contributed by atoms with Gasteiger partial charge in [-0.05, 0) is 37.3 Å². The molecule has 0 fully saturated rings. The summed E-state index contributed by atoms with van der Waals surface area (Å²) in [5.74, 6) is -0.174. The predicted molar refractivity (Wildman–Crippen MR) is 89.1 cm³/mol. The number of nitriles is 1. The first-order chi connectivity index (χ1) is 11.2. The van der Waals surface area contributed by atoms with Gasteiger partial charge < -0.3 is 9.73 Å². The lowest BCUT2D eigenvalue weighted by Crippen LogP contribution is -2.22. The Balaban J connectivity index is 1.68. The number of oxazole rings is 1. The fourth-order valence-corrected chi connectivity index (χ4v) is 2.77. The Labute approximate surface area is 137 Å². The molecule has 114 valence electrons. The number of nitrogens with one attached hydrogen (secondary N) is 1. The van der Waals surface area contributed by atoms with Crippen molar-refractivity contribution in [2.24, 2.45) is 0 Å². The molecule has 1 unspecified atom stereocenters. The van der Waals surface area contributed by atoms with Gasteiger partial charge in [0, 0.05) is 5.69 Å². The van der Waals surface area contributed by atoms with Crippen molar-refractivity contribution in [3.05, 3.63) is 54.1 Å². The van der Waals surface area contributed by atoms with Gasteiger partial charge in [-0.15, -0.1) is 0 Å². The highest BCUT2D eigenvalue weighted by atomic mass is 32.2. The monoisotopic (exact) mass is 323 g/mol. The number of carbonyl (C=O) groups is 1. The number of fused-ring (bicyclic) bond motifs is 1. The van der Waals surface area contributed by atoms with Crippen molar-refractivity contribution in [1.82, 2.24) is 4.98 Å². The van der Waals surface area contributed by atoms with E-state index in [2.05, 4.69) is 10.3 Å². The zero-order valence-electron chi connectivity index (χ0n) is 12.3. The Morgan fingerprint density at radius 2 is 2.13 bits per heavy atom. The summed E-state index contributed by atoms with van der Waals surface area (Å²) in [7, 11) is 0. The van der Waals surface area contributed by atoms with Crippen LogP contribution in [0.3, 0.4) is 0 Å². The smallest absolute Gasteiger partial charge is 0.257 e. The predicted octanol–water partition coefficient (Wildman–Crippen LogP) is 3.82. The van der Waals surface area contributed by atoms with Gasteiger partial charge in [0.05, 0.1) is 16.9 Å². The molecule has 0 aliphatic rings. The Kier molecular flexibility index (Phi) is 4.31. The van der Waals surface area contributed by atoms with Crippen molar-refractivity contribution >= 4 is 34.5 Å². The Morgan fingerprint density at radius 1 is 1.30 bits per heavy atom. The molecule has 0 spiro atoms. The van der Waals surface area contributed by atoms with E-state index in [9.17, 15) is 4.79 Å². The van der Waals surface area contributed by atoms with Gasteiger partial charge in [0.1, 0.15) is 5.52 Å². The van der Waals surface area contributed by atoms with Crippen LogP contribution in [-0.4, -0.2) is 16.1 Å². The van der Waals surface area contributed by atoms with Gasteiger partial charge in [0.2, 0.25) is 5.91 Å². The molecule has 3 rings (SSSR count). The van der Waals surface area contributed by atoms with Crippen LogP contribution in [0.1, 0.15) is 12.5 Å². The number of para-hydroxylation sites is 2. The molecule has 0 saturated carbocycles. The molecule has 5 nitrogen and oxygen atoms in total. The third kappa shape index (κ3) is 3.52. The van der Waals surface area contributed by atoms with Crippen LogP contribution in [0.2, 0.25) is 0 Å². The van der Waals surface area contributed by atoms with Crippen LogP contribution in [0.4, 0.5) is 5.69 Å². The van der Waals surface area contributed by atoms with Crippen LogP contribution >= 0.6 is 11.8 Å². The highest BCUT2D eigenvalue weighted by molar-refractivity contribution is 8.00. The normalized spacial score (nSPS) is 11.8. The van der Waals surface area contributed by atoms with Gasteiger partial charge in [-0.3, -0.25) is 4.79 Å². The average molecular weight is 323 g/mol. The lowest BCUT2D eigenvalue weighted by molar-refractivity contribution is -0.115. The first-order valence-electron chi connectivity index (χ1n) is 6.99. The number of nitrogens with zero attached hydrogens (tertiary/aromatic N) is 2. The SMILES string of the molecule is CC(Sc1nc2ccccc2o1)C(=O)Nc1cccc(C#N)c1. The molecule has 1 atom stereocenters. The van der Waals surface area contributed by atoms with Crippen molar-refractivity contribution in [1.29, 1.82) is 5.26 Å². The van der Waals surface area contributed by atoms with Crippen molar-refractivity contribution < 1.29 is 9.21 Å². The molecule has 0 radical (unpaired) electrons. The Hall–Kier alpha value is -2.78. The van der Waals surface area contributed by atoms with E-state index in [1.807, 2.05) is 30.3 Å². The number of benzene rings is 2. The lowest BCUT2D eigenvalue weighted by atomic mass is 10.2. The number of hydrogen-bond donors (Lipinski definition) is 1. The van der Waals surface area contributed by atoms with Gasteiger partial charge in [0.25, 0.3) is 5.22 Å². The van der Waals surface area contributed by atoms with Crippen molar-refractivity contribution in [3.8, 4) is 6.07 Å². The summed E-state index contributed by atoms with van der Waals surface area (Å²) >= 11 is 1.25. The van der Waals surface area contributed by atoms with Crippen LogP contribution in [0.5, 0.6) is 0 Å². The zero-order chi connectivity index (χ0) is 16.2. The standard InChI is InChI=1S/C17H13N3O2S/c1-11(16(21)19-13-6-4-5-12(9-13)10-18)23-17-20-14-7-2-3-8-15(14)22-17/h2-9,11H,1H3,(H,19,21). The molecular weight excluding hydrogens is 310 g/mol. The van der Waals surface area contributed by atoms with Gasteiger partial charge in [-0.1, -0.05) is 30.0 Å². The number of aromatic nitrogens is 1. The van der Waals surface area contributed by atoms with E-state index in [4.69, 9.17) is 9.68 Å². The number of rotatable bonds is 4. The van der Waals surface area contributed by atoms with E-state index < -0.39 is 0 Å². The first-order valence-corrected chi connectivity index (χ1v) is 7.87. The minimum Gasteiger partial charge on any atom is -0.431 e. The molecule has 2 aromatic carbocycles. The quantitative estimate of drug-likeness (QED) is 0.738. The minimum atomic E-state index is -0.381. The second kappa shape index (κ2) is 6.55.